The summed E-state index contributed by atoms with van der Waals surface area (Å²) in [6.45, 7) is 1.37. The fourth-order valence-corrected chi connectivity index (χ4v) is 1.84. The average molecular weight is 256 g/mol. The Labute approximate surface area is 101 Å². The second-order valence-electron chi connectivity index (χ2n) is 4.07. The molecule has 3 N–H and O–H groups in total. The van der Waals surface area contributed by atoms with Gasteiger partial charge in [-0.1, -0.05) is 18.2 Å². The quantitative estimate of drug-likeness (QED) is 0.811. The summed E-state index contributed by atoms with van der Waals surface area (Å²) in [5.41, 5.74) is 4.25. The van der Waals surface area contributed by atoms with Crippen molar-refractivity contribution >= 4 is 16.7 Å². The average Bonchev–Trinajstić information content (AvgIpc) is 2.66. The van der Waals surface area contributed by atoms with Crippen LogP contribution in [0.1, 0.15) is 23.0 Å². The molecule has 0 radical (unpaired) electrons. The number of nitrogens with one attached hydrogen (secondary N) is 1. The first-order chi connectivity index (χ1) is 8.32. The minimum atomic E-state index is -4.61. The molecule has 0 aliphatic heterocycles. The molecule has 1 unspecified atom stereocenters. The number of Topliss-reactive ketones (excluding diaryl/α,β-unsaturated/α-hetero) is 1. The first kappa shape index (κ1) is 12.6. The Bertz CT molecular complexity index is 599. The predicted molar refractivity (Wildman–Crippen MR) is 61.3 cm³/mol. The maximum Gasteiger partial charge on any atom is 0.431 e. The third-order valence-electron chi connectivity index (χ3n) is 2.65. The van der Waals surface area contributed by atoms with Gasteiger partial charge in [-0.2, -0.15) is 13.2 Å². The summed E-state index contributed by atoms with van der Waals surface area (Å²) in [6.07, 6.45) is -4.61. The number of halogens is 3. The second-order valence-corrected chi connectivity index (χ2v) is 4.07. The van der Waals surface area contributed by atoms with E-state index in [9.17, 15) is 18.0 Å². The van der Waals surface area contributed by atoms with Gasteiger partial charge in [-0.05, 0) is 13.0 Å². The van der Waals surface area contributed by atoms with E-state index in [2.05, 4.69) is 4.98 Å². The zero-order valence-electron chi connectivity index (χ0n) is 9.51. The largest absolute Gasteiger partial charge is 0.431 e. The number of fused-ring (bicyclic) bond motifs is 1. The Morgan fingerprint density at radius 1 is 1.33 bits per heavy atom. The van der Waals surface area contributed by atoms with E-state index in [0.717, 1.165) is 0 Å². The number of hydrogen-bond acceptors (Lipinski definition) is 2. The Hall–Kier alpha value is -1.82. The molecule has 6 heteroatoms. The fraction of sp³-hybridized carbons (Fsp3) is 0.250. The number of rotatable bonds is 2. The van der Waals surface area contributed by atoms with Crippen molar-refractivity contribution in [1.29, 1.82) is 0 Å². The molecule has 0 saturated heterocycles. The van der Waals surface area contributed by atoms with Gasteiger partial charge < -0.3 is 10.7 Å². The highest BCUT2D eigenvalue weighted by Crippen LogP contribution is 2.35. The van der Waals surface area contributed by atoms with Crippen molar-refractivity contribution in [2.75, 3.05) is 0 Å². The zero-order valence-corrected chi connectivity index (χ0v) is 9.51. The van der Waals surface area contributed by atoms with Gasteiger partial charge in [0.2, 0.25) is 0 Å². The topological polar surface area (TPSA) is 58.9 Å². The molecule has 0 saturated carbocycles. The molecule has 1 aromatic carbocycles. The maximum absolute atomic E-state index is 12.9. The molecule has 0 aliphatic rings. The van der Waals surface area contributed by atoms with Crippen LogP contribution in [0.2, 0.25) is 0 Å². The third-order valence-corrected chi connectivity index (χ3v) is 2.65. The van der Waals surface area contributed by atoms with Crippen molar-refractivity contribution in [3.8, 4) is 0 Å². The number of ketones is 1. The van der Waals surface area contributed by atoms with Crippen LogP contribution < -0.4 is 5.73 Å². The monoisotopic (exact) mass is 256 g/mol. The third kappa shape index (κ3) is 1.99. The van der Waals surface area contributed by atoms with Gasteiger partial charge in [0.15, 0.2) is 5.78 Å². The van der Waals surface area contributed by atoms with Gasteiger partial charge >= 0.3 is 6.18 Å². The first-order valence-electron chi connectivity index (χ1n) is 5.30. The molecule has 0 bridgehead atoms. The number of benzene rings is 1. The smallest absolute Gasteiger partial charge is 0.350 e. The SMILES string of the molecule is CC(N)C(=O)c1c(C(F)(F)F)[nH]c2ccccc12. The van der Waals surface area contributed by atoms with E-state index >= 15 is 0 Å². The standard InChI is InChI=1S/C12H11F3N2O/c1-6(16)10(18)9-7-4-2-3-5-8(7)17-11(9)12(13,14)15/h2-6,17H,16H2,1H3. The van der Waals surface area contributed by atoms with E-state index in [0.29, 0.717) is 0 Å². The van der Waals surface area contributed by atoms with Crippen molar-refractivity contribution in [2.24, 2.45) is 5.73 Å². The van der Waals surface area contributed by atoms with Crippen LogP contribution in [0.25, 0.3) is 10.9 Å². The molecule has 0 spiro atoms. The van der Waals surface area contributed by atoms with E-state index in [1.54, 1.807) is 12.1 Å². The number of aromatic nitrogens is 1. The van der Waals surface area contributed by atoms with Crippen molar-refractivity contribution in [3.05, 3.63) is 35.5 Å². The predicted octanol–water partition coefficient (Wildman–Crippen LogP) is 2.72. The summed E-state index contributed by atoms with van der Waals surface area (Å²) in [7, 11) is 0. The number of carbonyl (C=O) groups excluding carboxylic acids is 1. The number of H-pyrrole nitrogens is 1. The first-order valence-corrected chi connectivity index (χ1v) is 5.30. The van der Waals surface area contributed by atoms with Gasteiger partial charge in [0.25, 0.3) is 0 Å². The van der Waals surface area contributed by atoms with Crippen molar-refractivity contribution in [2.45, 2.75) is 19.1 Å². The Kier molecular flexibility index (Phi) is 2.90. The van der Waals surface area contributed by atoms with Crippen LogP contribution in [0, 0.1) is 0 Å². The molecule has 1 atom stereocenters. The summed E-state index contributed by atoms with van der Waals surface area (Å²) < 4.78 is 38.7. The van der Waals surface area contributed by atoms with E-state index < -0.39 is 23.7 Å². The lowest BCUT2D eigenvalue weighted by Crippen LogP contribution is -2.28. The minimum Gasteiger partial charge on any atom is -0.350 e. The molecule has 2 aromatic rings. The van der Waals surface area contributed by atoms with Gasteiger partial charge in [0.05, 0.1) is 11.6 Å². The molecule has 0 aliphatic carbocycles. The summed E-state index contributed by atoms with van der Waals surface area (Å²) >= 11 is 0. The lowest BCUT2D eigenvalue weighted by atomic mass is 10.0. The van der Waals surface area contributed by atoms with Crippen molar-refractivity contribution in [3.63, 3.8) is 0 Å². The van der Waals surface area contributed by atoms with Crippen LogP contribution in [0.4, 0.5) is 13.2 Å². The summed E-state index contributed by atoms with van der Waals surface area (Å²) in [4.78, 5) is 14.1. The summed E-state index contributed by atoms with van der Waals surface area (Å²) in [6, 6.07) is 5.15. The number of alkyl halides is 3. The molecular formula is C12H11F3N2O. The van der Waals surface area contributed by atoms with Crippen LogP contribution >= 0.6 is 0 Å². The minimum absolute atomic E-state index is 0.243. The van der Waals surface area contributed by atoms with Crippen LogP contribution in [-0.2, 0) is 6.18 Å². The lowest BCUT2D eigenvalue weighted by molar-refractivity contribution is -0.140. The van der Waals surface area contributed by atoms with Crippen LogP contribution in [0.5, 0.6) is 0 Å². The Morgan fingerprint density at radius 3 is 2.50 bits per heavy atom. The molecule has 18 heavy (non-hydrogen) atoms. The number of aromatic amines is 1. The van der Waals surface area contributed by atoms with Gasteiger partial charge in [-0.25, -0.2) is 0 Å². The van der Waals surface area contributed by atoms with E-state index in [-0.39, 0.29) is 16.5 Å². The highest BCUT2D eigenvalue weighted by atomic mass is 19.4. The van der Waals surface area contributed by atoms with Crippen LogP contribution in [0.3, 0.4) is 0 Å². The number of nitrogens with two attached hydrogens (primary N) is 1. The fourth-order valence-electron chi connectivity index (χ4n) is 1.84. The van der Waals surface area contributed by atoms with Crippen LogP contribution in [-0.4, -0.2) is 16.8 Å². The highest BCUT2D eigenvalue weighted by Gasteiger charge is 2.38. The maximum atomic E-state index is 12.9. The van der Waals surface area contributed by atoms with Gasteiger partial charge in [0.1, 0.15) is 5.69 Å². The summed E-state index contributed by atoms with van der Waals surface area (Å²) in [5.74, 6) is -0.722. The van der Waals surface area contributed by atoms with E-state index in [1.165, 1.54) is 19.1 Å². The molecule has 0 amide bonds. The molecule has 0 fully saturated rings. The molecule has 1 aromatic heterocycles. The molecule has 2 rings (SSSR count). The molecule has 1 heterocycles. The van der Waals surface area contributed by atoms with Gasteiger partial charge in [-0.3, -0.25) is 4.79 Å². The zero-order chi connectivity index (χ0) is 13.5. The van der Waals surface area contributed by atoms with Gasteiger partial charge in [-0.15, -0.1) is 0 Å². The van der Waals surface area contributed by atoms with Crippen molar-refractivity contribution in [1.82, 2.24) is 4.98 Å². The lowest BCUT2D eigenvalue weighted by Gasteiger charge is -2.09. The molecule has 96 valence electrons. The van der Waals surface area contributed by atoms with Crippen molar-refractivity contribution < 1.29 is 18.0 Å². The molecular weight excluding hydrogens is 245 g/mol. The number of carbonyl (C=O) groups is 1. The number of hydrogen-bond donors (Lipinski definition) is 2. The Morgan fingerprint density at radius 2 is 1.94 bits per heavy atom. The number of para-hydroxylation sites is 1. The normalized spacial score (nSPS) is 13.8. The Balaban J connectivity index is 2.78. The van der Waals surface area contributed by atoms with E-state index in [4.69, 9.17) is 5.73 Å². The van der Waals surface area contributed by atoms with E-state index in [1.807, 2.05) is 0 Å². The molecule has 3 nitrogen and oxygen atoms in total. The van der Waals surface area contributed by atoms with Crippen LogP contribution in [0.15, 0.2) is 24.3 Å². The van der Waals surface area contributed by atoms with Gasteiger partial charge in [0, 0.05) is 10.9 Å². The second kappa shape index (κ2) is 4.13. The summed E-state index contributed by atoms with van der Waals surface area (Å²) in [5, 5.41) is 0.243. The highest BCUT2D eigenvalue weighted by molar-refractivity contribution is 6.11.